The van der Waals surface area contributed by atoms with Crippen LogP contribution in [0.2, 0.25) is 0 Å². The predicted molar refractivity (Wildman–Crippen MR) is 78.9 cm³/mol. The van der Waals surface area contributed by atoms with Gasteiger partial charge in [-0.3, -0.25) is 14.9 Å². The van der Waals surface area contributed by atoms with Crippen molar-refractivity contribution >= 4 is 0 Å². The van der Waals surface area contributed by atoms with Crippen LogP contribution in [0.5, 0.6) is 0 Å². The minimum atomic E-state index is 0.251. The molecule has 0 spiro atoms. The fourth-order valence-electron chi connectivity index (χ4n) is 2.10. The topological polar surface area (TPSA) is 49.2 Å². The summed E-state index contributed by atoms with van der Waals surface area (Å²) in [6, 6.07) is 12.0. The second kappa shape index (κ2) is 8.40. The molecule has 0 amide bonds. The third-order valence-electron chi connectivity index (χ3n) is 3.11. The summed E-state index contributed by atoms with van der Waals surface area (Å²) in [6.45, 7) is 2.81. The molecule has 0 unspecified atom stereocenters. The van der Waals surface area contributed by atoms with E-state index in [1.807, 2.05) is 48.8 Å². The fourth-order valence-corrected chi connectivity index (χ4v) is 2.10. The van der Waals surface area contributed by atoms with Crippen LogP contribution in [0, 0.1) is 0 Å². The number of aliphatic hydroxyl groups excluding tert-OH is 1. The van der Waals surface area contributed by atoms with Crippen LogP contribution in [-0.2, 0) is 13.1 Å². The Morgan fingerprint density at radius 2 is 1.45 bits per heavy atom. The lowest BCUT2D eigenvalue weighted by Gasteiger charge is -2.21. The Morgan fingerprint density at radius 3 is 1.90 bits per heavy atom. The van der Waals surface area contributed by atoms with Gasteiger partial charge in [0.2, 0.25) is 0 Å². The summed E-state index contributed by atoms with van der Waals surface area (Å²) in [6.07, 6.45) is 5.46. The van der Waals surface area contributed by atoms with E-state index in [0.29, 0.717) is 0 Å². The van der Waals surface area contributed by atoms with E-state index < -0.39 is 0 Å². The summed E-state index contributed by atoms with van der Waals surface area (Å²) in [5.41, 5.74) is 2.12. The highest BCUT2D eigenvalue weighted by Crippen LogP contribution is 2.08. The van der Waals surface area contributed by atoms with Gasteiger partial charge in [0.15, 0.2) is 0 Å². The van der Waals surface area contributed by atoms with E-state index in [-0.39, 0.29) is 6.61 Å². The van der Waals surface area contributed by atoms with Crippen LogP contribution in [0.15, 0.2) is 48.8 Å². The summed E-state index contributed by atoms with van der Waals surface area (Å²) in [5.74, 6) is 0. The SMILES string of the molecule is OCCCCN(Cc1ccccn1)Cc1ccccn1. The summed E-state index contributed by atoms with van der Waals surface area (Å²) in [7, 11) is 0. The Kier molecular flexibility index (Phi) is 6.14. The van der Waals surface area contributed by atoms with Gasteiger partial charge >= 0.3 is 0 Å². The highest BCUT2D eigenvalue weighted by molar-refractivity contribution is 5.06. The molecule has 2 aromatic rings. The van der Waals surface area contributed by atoms with Crippen molar-refractivity contribution < 1.29 is 5.11 Å². The lowest BCUT2D eigenvalue weighted by Crippen LogP contribution is -2.25. The van der Waals surface area contributed by atoms with Crippen LogP contribution in [0.3, 0.4) is 0 Å². The zero-order chi connectivity index (χ0) is 14.0. The van der Waals surface area contributed by atoms with E-state index in [1.165, 1.54) is 0 Å². The van der Waals surface area contributed by atoms with Gasteiger partial charge in [0.25, 0.3) is 0 Å². The molecule has 106 valence electrons. The van der Waals surface area contributed by atoms with Crippen molar-refractivity contribution in [2.24, 2.45) is 0 Å². The van der Waals surface area contributed by atoms with E-state index in [2.05, 4.69) is 14.9 Å². The molecule has 2 aromatic heterocycles. The van der Waals surface area contributed by atoms with Crippen molar-refractivity contribution in [3.8, 4) is 0 Å². The van der Waals surface area contributed by atoms with Crippen LogP contribution in [0.1, 0.15) is 24.2 Å². The molecule has 2 heterocycles. The highest BCUT2D eigenvalue weighted by atomic mass is 16.2. The van der Waals surface area contributed by atoms with Gasteiger partial charge in [-0.25, -0.2) is 0 Å². The van der Waals surface area contributed by atoms with Crippen LogP contribution >= 0.6 is 0 Å². The normalized spacial score (nSPS) is 10.9. The van der Waals surface area contributed by atoms with E-state index >= 15 is 0 Å². The number of unbranched alkanes of at least 4 members (excludes halogenated alkanes) is 1. The molecule has 20 heavy (non-hydrogen) atoms. The van der Waals surface area contributed by atoms with Crippen molar-refractivity contribution in [2.75, 3.05) is 13.2 Å². The van der Waals surface area contributed by atoms with E-state index in [1.54, 1.807) is 0 Å². The number of hydrogen-bond acceptors (Lipinski definition) is 4. The maximum absolute atomic E-state index is 8.92. The molecule has 0 aromatic carbocycles. The lowest BCUT2D eigenvalue weighted by atomic mass is 10.2. The molecule has 0 aliphatic rings. The molecule has 0 saturated carbocycles. The van der Waals surface area contributed by atoms with Crippen molar-refractivity contribution in [1.29, 1.82) is 0 Å². The molecule has 0 fully saturated rings. The fraction of sp³-hybridized carbons (Fsp3) is 0.375. The van der Waals surface area contributed by atoms with Crippen LogP contribution in [-0.4, -0.2) is 33.1 Å². The van der Waals surface area contributed by atoms with Gasteiger partial charge in [0.05, 0.1) is 11.4 Å². The smallest absolute Gasteiger partial charge is 0.0544 e. The highest BCUT2D eigenvalue weighted by Gasteiger charge is 2.08. The average Bonchev–Trinajstić information content (AvgIpc) is 2.49. The third kappa shape index (κ3) is 5.07. The van der Waals surface area contributed by atoms with Gasteiger partial charge in [-0.15, -0.1) is 0 Å². The van der Waals surface area contributed by atoms with E-state index in [9.17, 15) is 0 Å². The first kappa shape index (κ1) is 14.6. The van der Waals surface area contributed by atoms with E-state index in [4.69, 9.17) is 5.11 Å². The second-order valence-electron chi connectivity index (χ2n) is 4.78. The number of pyridine rings is 2. The lowest BCUT2D eigenvalue weighted by molar-refractivity contribution is 0.226. The largest absolute Gasteiger partial charge is 0.396 e. The molecule has 4 heteroatoms. The molecule has 0 atom stereocenters. The number of hydrogen-bond donors (Lipinski definition) is 1. The Hall–Kier alpha value is -1.78. The Balaban J connectivity index is 1.96. The maximum Gasteiger partial charge on any atom is 0.0544 e. The third-order valence-corrected chi connectivity index (χ3v) is 3.11. The standard InChI is InChI=1S/C16H21N3O/c20-12-6-5-11-19(13-15-7-1-3-9-17-15)14-16-8-2-4-10-18-16/h1-4,7-10,20H,5-6,11-14H2. The molecular formula is C16H21N3O. The number of aromatic nitrogens is 2. The monoisotopic (exact) mass is 271 g/mol. The van der Waals surface area contributed by atoms with Crippen molar-refractivity contribution in [3.05, 3.63) is 60.2 Å². The molecular weight excluding hydrogens is 250 g/mol. The van der Waals surface area contributed by atoms with Crippen LogP contribution < -0.4 is 0 Å². The van der Waals surface area contributed by atoms with Gasteiger partial charge < -0.3 is 5.11 Å². The molecule has 0 aliphatic heterocycles. The number of aliphatic hydroxyl groups is 1. The van der Waals surface area contributed by atoms with Crippen molar-refractivity contribution in [1.82, 2.24) is 14.9 Å². The molecule has 0 saturated heterocycles. The molecule has 0 radical (unpaired) electrons. The van der Waals surface area contributed by atoms with Crippen LogP contribution in [0.4, 0.5) is 0 Å². The first-order valence-electron chi connectivity index (χ1n) is 7.01. The number of nitrogens with zero attached hydrogens (tertiary/aromatic N) is 3. The minimum absolute atomic E-state index is 0.251. The first-order chi connectivity index (χ1) is 9.88. The summed E-state index contributed by atoms with van der Waals surface area (Å²) < 4.78 is 0. The number of rotatable bonds is 8. The zero-order valence-corrected chi connectivity index (χ0v) is 11.7. The zero-order valence-electron chi connectivity index (χ0n) is 11.7. The minimum Gasteiger partial charge on any atom is -0.396 e. The predicted octanol–water partition coefficient (Wildman–Crippen LogP) is 2.25. The van der Waals surface area contributed by atoms with Gasteiger partial charge in [-0.05, 0) is 43.7 Å². The van der Waals surface area contributed by atoms with Crippen molar-refractivity contribution in [3.63, 3.8) is 0 Å². The first-order valence-corrected chi connectivity index (χ1v) is 7.01. The van der Waals surface area contributed by atoms with Crippen molar-refractivity contribution in [2.45, 2.75) is 25.9 Å². The summed E-state index contributed by atoms with van der Waals surface area (Å²) in [5, 5.41) is 8.92. The molecule has 4 nitrogen and oxygen atoms in total. The summed E-state index contributed by atoms with van der Waals surface area (Å²) in [4.78, 5) is 11.1. The van der Waals surface area contributed by atoms with Gasteiger partial charge in [-0.1, -0.05) is 12.1 Å². The molecule has 0 bridgehead atoms. The molecule has 2 rings (SSSR count). The van der Waals surface area contributed by atoms with Crippen LogP contribution in [0.25, 0.3) is 0 Å². The van der Waals surface area contributed by atoms with E-state index in [0.717, 1.165) is 43.9 Å². The van der Waals surface area contributed by atoms with Gasteiger partial charge in [0.1, 0.15) is 0 Å². The molecule has 0 aliphatic carbocycles. The Labute approximate surface area is 120 Å². The van der Waals surface area contributed by atoms with Gasteiger partial charge in [0, 0.05) is 32.1 Å². The van der Waals surface area contributed by atoms with Gasteiger partial charge in [-0.2, -0.15) is 0 Å². The average molecular weight is 271 g/mol. The summed E-state index contributed by atoms with van der Waals surface area (Å²) >= 11 is 0. The molecule has 1 N–H and O–H groups in total. The quantitative estimate of drug-likeness (QED) is 0.748. The maximum atomic E-state index is 8.92. The second-order valence-corrected chi connectivity index (χ2v) is 4.78. The Morgan fingerprint density at radius 1 is 0.850 bits per heavy atom. The Bertz CT molecular complexity index is 434.